The minimum absolute atomic E-state index is 0.168. The van der Waals surface area contributed by atoms with Gasteiger partial charge in [-0.25, -0.2) is 0 Å². The van der Waals surface area contributed by atoms with Crippen LogP contribution in [0.3, 0.4) is 0 Å². The van der Waals surface area contributed by atoms with Crippen molar-refractivity contribution >= 4 is 17.3 Å². The molecule has 0 aromatic heterocycles. The second kappa shape index (κ2) is 9.50. The summed E-state index contributed by atoms with van der Waals surface area (Å²) in [6, 6.07) is 20.3. The van der Waals surface area contributed by atoms with Crippen molar-refractivity contribution in [3.63, 3.8) is 0 Å². The zero-order valence-corrected chi connectivity index (χ0v) is 16.7. The Labute approximate surface area is 170 Å². The third kappa shape index (κ3) is 5.19. The zero-order valence-electron chi connectivity index (χ0n) is 16.7. The van der Waals surface area contributed by atoms with Crippen LogP contribution in [-0.2, 0) is 6.54 Å². The fourth-order valence-corrected chi connectivity index (χ4v) is 2.81. The summed E-state index contributed by atoms with van der Waals surface area (Å²) < 4.78 is 15.7. The highest BCUT2D eigenvalue weighted by atomic mass is 16.5. The lowest BCUT2D eigenvalue weighted by Gasteiger charge is -2.11. The first-order chi connectivity index (χ1) is 14.1. The average molecular weight is 392 g/mol. The molecule has 150 valence electrons. The molecule has 0 atom stereocenters. The van der Waals surface area contributed by atoms with Gasteiger partial charge in [0, 0.05) is 23.5 Å². The molecule has 0 heterocycles. The highest BCUT2D eigenvalue weighted by molar-refractivity contribution is 6.04. The van der Waals surface area contributed by atoms with E-state index in [0.717, 1.165) is 16.9 Å². The lowest BCUT2D eigenvalue weighted by molar-refractivity contribution is 0.102. The van der Waals surface area contributed by atoms with Crippen molar-refractivity contribution in [3.05, 3.63) is 77.9 Å². The number of carbonyl (C=O) groups excluding carboxylic acids is 1. The van der Waals surface area contributed by atoms with Gasteiger partial charge in [-0.1, -0.05) is 6.07 Å². The van der Waals surface area contributed by atoms with Gasteiger partial charge < -0.3 is 24.8 Å². The number of hydrogen-bond acceptors (Lipinski definition) is 5. The topological polar surface area (TPSA) is 68.8 Å². The van der Waals surface area contributed by atoms with Gasteiger partial charge in [0.1, 0.15) is 5.75 Å². The lowest BCUT2D eigenvalue weighted by atomic mass is 10.2. The first kappa shape index (κ1) is 20.1. The normalized spacial score (nSPS) is 10.2. The Hall–Kier alpha value is -3.67. The fourth-order valence-electron chi connectivity index (χ4n) is 2.81. The van der Waals surface area contributed by atoms with E-state index in [-0.39, 0.29) is 5.91 Å². The molecule has 0 bridgehead atoms. The number of anilines is 2. The molecule has 0 spiro atoms. The van der Waals surface area contributed by atoms with Crippen LogP contribution in [-0.4, -0.2) is 27.2 Å². The molecule has 2 N–H and O–H groups in total. The largest absolute Gasteiger partial charge is 0.497 e. The number of benzene rings is 3. The highest BCUT2D eigenvalue weighted by Crippen LogP contribution is 2.28. The average Bonchev–Trinajstić information content (AvgIpc) is 2.78. The molecular formula is C23H24N2O4. The van der Waals surface area contributed by atoms with Crippen molar-refractivity contribution in [1.82, 2.24) is 0 Å². The van der Waals surface area contributed by atoms with E-state index in [9.17, 15) is 4.79 Å². The number of nitrogens with one attached hydrogen (secondary N) is 2. The number of hydrogen-bond donors (Lipinski definition) is 2. The molecule has 6 heteroatoms. The Morgan fingerprint density at radius 1 is 0.759 bits per heavy atom. The molecule has 0 radical (unpaired) electrons. The summed E-state index contributed by atoms with van der Waals surface area (Å²) >= 11 is 0. The van der Waals surface area contributed by atoms with Gasteiger partial charge in [0.15, 0.2) is 11.5 Å². The summed E-state index contributed by atoms with van der Waals surface area (Å²) in [5.74, 6) is 1.95. The van der Waals surface area contributed by atoms with Crippen LogP contribution in [0.25, 0.3) is 0 Å². The van der Waals surface area contributed by atoms with Crippen LogP contribution in [0.15, 0.2) is 66.7 Å². The van der Waals surface area contributed by atoms with E-state index >= 15 is 0 Å². The fraction of sp³-hybridized carbons (Fsp3) is 0.174. The Morgan fingerprint density at radius 2 is 1.41 bits per heavy atom. The van der Waals surface area contributed by atoms with Gasteiger partial charge in [0.25, 0.3) is 5.91 Å². The molecule has 0 saturated carbocycles. The summed E-state index contributed by atoms with van der Waals surface area (Å²) in [6.07, 6.45) is 0. The predicted octanol–water partition coefficient (Wildman–Crippen LogP) is 4.58. The molecule has 0 unspecified atom stereocenters. The van der Waals surface area contributed by atoms with Crippen molar-refractivity contribution < 1.29 is 19.0 Å². The van der Waals surface area contributed by atoms with Gasteiger partial charge in [-0.3, -0.25) is 4.79 Å². The Kier molecular flexibility index (Phi) is 6.58. The smallest absolute Gasteiger partial charge is 0.255 e. The summed E-state index contributed by atoms with van der Waals surface area (Å²) in [6.45, 7) is 0.637. The van der Waals surface area contributed by atoms with E-state index in [1.807, 2.05) is 42.5 Å². The maximum absolute atomic E-state index is 12.3. The first-order valence-electron chi connectivity index (χ1n) is 9.13. The quantitative estimate of drug-likeness (QED) is 0.587. The molecule has 3 aromatic rings. The molecule has 1 amide bonds. The van der Waals surface area contributed by atoms with Crippen LogP contribution >= 0.6 is 0 Å². The number of ether oxygens (including phenoxy) is 3. The highest BCUT2D eigenvalue weighted by Gasteiger charge is 2.07. The van der Waals surface area contributed by atoms with Crippen LogP contribution in [0.1, 0.15) is 15.9 Å². The standard InChI is InChI=1S/C23H24N2O4/c1-27-20-11-5-17(6-12-20)23(26)25-19-9-7-18(8-10-19)24-15-16-4-13-21(28-2)22(14-16)29-3/h4-14,24H,15H2,1-3H3,(H,25,26). The maximum atomic E-state index is 12.3. The molecule has 0 aliphatic heterocycles. The predicted molar refractivity (Wildman–Crippen MR) is 114 cm³/mol. The third-order valence-corrected chi connectivity index (χ3v) is 4.44. The maximum Gasteiger partial charge on any atom is 0.255 e. The molecule has 0 saturated heterocycles. The van der Waals surface area contributed by atoms with Crippen molar-refractivity contribution in [3.8, 4) is 17.2 Å². The molecule has 0 aliphatic carbocycles. The van der Waals surface area contributed by atoms with E-state index in [0.29, 0.717) is 29.4 Å². The van der Waals surface area contributed by atoms with Crippen molar-refractivity contribution in [2.75, 3.05) is 32.0 Å². The Bertz CT molecular complexity index is 954. The Morgan fingerprint density at radius 3 is 2.03 bits per heavy atom. The number of methoxy groups -OCH3 is 3. The van der Waals surface area contributed by atoms with Crippen molar-refractivity contribution in [2.24, 2.45) is 0 Å². The van der Waals surface area contributed by atoms with Gasteiger partial charge >= 0.3 is 0 Å². The monoisotopic (exact) mass is 392 g/mol. The van der Waals surface area contributed by atoms with Crippen molar-refractivity contribution in [1.29, 1.82) is 0 Å². The SMILES string of the molecule is COc1ccc(C(=O)Nc2ccc(NCc3ccc(OC)c(OC)c3)cc2)cc1. The molecule has 3 aromatic carbocycles. The second-order valence-corrected chi connectivity index (χ2v) is 6.30. The third-order valence-electron chi connectivity index (χ3n) is 4.44. The minimum Gasteiger partial charge on any atom is -0.497 e. The van der Waals surface area contributed by atoms with Crippen LogP contribution in [0.4, 0.5) is 11.4 Å². The van der Waals surface area contributed by atoms with Gasteiger partial charge in [-0.05, 0) is 66.2 Å². The van der Waals surface area contributed by atoms with Gasteiger partial charge in [0.05, 0.1) is 21.3 Å². The lowest BCUT2D eigenvalue weighted by Crippen LogP contribution is -2.11. The molecule has 6 nitrogen and oxygen atoms in total. The second-order valence-electron chi connectivity index (χ2n) is 6.30. The summed E-state index contributed by atoms with van der Waals surface area (Å²) in [5.41, 5.74) is 3.31. The van der Waals surface area contributed by atoms with Crippen LogP contribution in [0, 0.1) is 0 Å². The van der Waals surface area contributed by atoms with E-state index in [2.05, 4.69) is 10.6 Å². The van der Waals surface area contributed by atoms with Crippen LogP contribution < -0.4 is 24.8 Å². The van der Waals surface area contributed by atoms with Crippen LogP contribution in [0.5, 0.6) is 17.2 Å². The zero-order chi connectivity index (χ0) is 20.6. The first-order valence-corrected chi connectivity index (χ1v) is 9.13. The van der Waals surface area contributed by atoms with Gasteiger partial charge in [0.2, 0.25) is 0 Å². The summed E-state index contributed by atoms with van der Waals surface area (Å²) in [7, 11) is 4.83. The van der Waals surface area contributed by atoms with Gasteiger partial charge in [-0.15, -0.1) is 0 Å². The van der Waals surface area contributed by atoms with Gasteiger partial charge in [-0.2, -0.15) is 0 Å². The van der Waals surface area contributed by atoms with E-state index < -0.39 is 0 Å². The Balaban J connectivity index is 1.57. The molecule has 3 rings (SSSR count). The van der Waals surface area contributed by atoms with E-state index in [1.54, 1.807) is 45.6 Å². The summed E-state index contributed by atoms with van der Waals surface area (Å²) in [4.78, 5) is 12.3. The molecule has 0 aliphatic rings. The van der Waals surface area contributed by atoms with Crippen molar-refractivity contribution in [2.45, 2.75) is 6.54 Å². The summed E-state index contributed by atoms with van der Waals surface area (Å²) in [5, 5.41) is 6.24. The molecule has 29 heavy (non-hydrogen) atoms. The molecule has 0 fully saturated rings. The number of carbonyl (C=O) groups is 1. The minimum atomic E-state index is -0.168. The number of amides is 1. The number of rotatable bonds is 8. The van der Waals surface area contributed by atoms with Crippen LogP contribution in [0.2, 0.25) is 0 Å². The molecular weight excluding hydrogens is 368 g/mol. The van der Waals surface area contributed by atoms with E-state index in [1.165, 1.54) is 0 Å². The van der Waals surface area contributed by atoms with E-state index in [4.69, 9.17) is 14.2 Å².